The molecule has 76 valence electrons. The van der Waals surface area contributed by atoms with Gasteiger partial charge in [-0.25, -0.2) is 4.39 Å². The molecule has 0 aliphatic rings. The molecule has 1 aromatic carbocycles. The summed E-state index contributed by atoms with van der Waals surface area (Å²) in [6.45, 7) is 3.43. The SMILES string of the molecule is CC(C)C(=O)Nc1ccc(O)cc1F. The number of halogens is 1. The average molecular weight is 197 g/mol. The lowest BCUT2D eigenvalue weighted by Gasteiger charge is -2.08. The third-order valence-electron chi connectivity index (χ3n) is 1.73. The molecule has 14 heavy (non-hydrogen) atoms. The summed E-state index contributed by atoms with van der Waals surface area (Å²) in [4.78, 5) is 11.2. The second-order valence-electron chi connectivity index (χ2n) is 3.31. The van der Waals surface area contributed by atoms with Gasteiger partial charge < -0.3 is 10.4 Å². The molecular weight excluding hydrogens is 185 g/mol. The second-order valence-corrected chi connectivity index (χ2v) is 3.31. The molecule has 0 spiro atoms. The molecule has 1 rings (SSSR count). The highest BCUT2D eigenvalue weighted by Gasteiger charge is 2.10. The zero-order chi connectivity index (χ0) is 10.7. The van der Waals surface area contributed by atoms with Crippen molar-refractivity contribution in [1.82, 2.24) is 0 Å². The maximum absolute atomic E-state index is 13.1. The molecule has 4 heteroatoms. The maximum atomic E-state index is 13.1. The van der Waals surface area contributed by atoms with Gasteiger partial charge in [-0.3, -0.25) is 4.79 Å². The van der Waals surface area contributed by atoms with Gasteiger partial charge in [-0.05, 0) is 12.1 Å². The van der Waals surface area contributed by atoms with E-state index in [1.807, 2.05) is 0 Å². The number of anilines is 1. The number of rotatable bonds is 2. The Bertz CT molecular complexity index is 350. The van der Waals surface area contributed by atoms with Crippen LogP contribution in [0.3, 0.4) is 0 Å². The minimum absolute atomic E-state index is 0.0847. The number of aromatic hydroxyl groups is 1. The molecule has 2 N–H and O–H groups in total. The van der Waals surface area contributed by atoms with E-state index in [-0.39, 0.29) is 23.3 Å². The Labute approximate surface area is 81.6 Å². The molecule has 0 aliphatic carbocycles. The maximum Gasteiger partial charge on any atom is 0.227 e. The average Bonchev–Trinajstić information content (AvgIpc) is 2.09. The van der Waals surface area contributed by atoms with E-state index in [0.29, 0.717) is 0 Å². The van der Waals surface area contributed by atoms with Crippen LogP contribution in [0.2, 0.25) is 0 Å². The quantitative estimate of drug-likeness (QED) is 0.713. The molecule has 0 radical (unpaired) electrons. The summed E-state index contributed by atoms with van der Waals surface area (Å²) in [6.07, 6.45) is 0. The summed E-state index contributed by atoms with van der Waals surface area (Å²) >= 11 is 0. The van der Waals surface area contributed by atoms with E-state index in [1.165, 1.54) is 12.1 Å². The van der Waals surface area contributed by atoms with Gasteiger partial charge >= 0.3 is 0 Å². The van der Waals surface area contributed by atoms with Crippen LogP contribution in [-0.2, 0) is 4.79 Å². The van der Waals surface area contributed by atoms with Crippen LogP contribution >= 0.6 is 0 Å². The lowest BCUT2D eigenvalue weighted by Crippen LogP contribution is -2.18. The highest BCUT2D eigenvalue weighted by Crippen LogP contribution is 2.19. The Kier molecular flexibility index (Phi) is 3.06. The van der Waals surface area contributed by atoms with Crippen molar-refractivity contribution in [1.29, 1.82) is 0 Å². The van der Waals surface area contributed by atoms with Crippen LogP contribution in [-0.4, -0.2) is 11.0 Å². The minimum Gasteiger partial charge on any atom is -0.508 e. The number of amides is 1. The fourth-order valence-corrected chi connectivity index (χ4v) is 0.882. The lowest BCUT2D eigenvalue weighted by molar-refractivity contribution is -0.118. The molecule has 0 atom stereocenters. The van der Waals surface area contributed by atoms with E-state index >= 15 is 0 Å². The van der Waals surface area contributed by atoms with Crippen molar-refractivity contribution in [3.63, 3.8) is 0 Å². The molecule has 0 aromatic heterocycles. The normalized spacial score (nSPS) is 10.3. The molecule has 0 saturated heterocycles. The van der Waals surface area contributed by atoms with Gasteiger partial charge in [0, 0.05) is 12.0 Å². The molecule has 0 fully saturated rings. The van der Waals surface area contributed by atoms with Gasteiger partial charge in [-0.2, -0.15) is 0 Å². The monoisotopic (exact) mass is 197 g/mol. The van der Waals surface area contributed by atoms with E-state index in [4.69, 9.17) is 5.11 Å². The van der Waals surface area contributed by atoms with Gasteiger partial charge in [0.2, 0.25) is 5.91 Å². The molecular formula is C10H12FNO2. The predicted octanol–water partition coefficient (Wildman–Crippen LogP) is 2.13. The van der Waals surface area contributed by atoms with E-state index in [0.717, 1.165) is 6.07 Å². The fourth-order valence-electron chi connectivity index (χ4n) is 0.882. The predicted molar refractivity (Wildman–Crippen MR) is 51.5 cm³/mol. The number of hydrogen-bond donors (Lipinski definition) is 2. The number of carbonyl (C=O) groups excluding carboxylic acids is 1. The smallest absolute Gasteiger partial charge is 0.227 e. The number of phenolic OH excluding ortho intramolecular Hbond substituents is 1. The lowest BCUT2D eigenvalue weighted by atomic mass is 10.2. The molecule has 0 unspecified atom stereocenters. The van der Waals surface area contributed by atoms with Crippen LogP contribution < -0.4 is 5.32 Å². The second kappa shape index (κ2) is 4.09. The highest BCUT2D eigenvalue weighted by molar-refractivity contribution is 5.92. The zero-order valence-corrected chi connectivity index (χ0v) is 8.04. The first kappa shape index (κ1) is 10.5. The number of nitrogens with one attached hydrogen (secondary N) is 1. The van der Waals surface area contributed by atoms with Crippen LogP contribution in [0.25, 0.3) is 0 Å². The molecule has 3 nitrogen and oxygen atoms in total. The Hall–Kier alpha value is -1.58. The topological polar surface area (TPSA) is 49.3 Å². The van der Waals surface area contributed by atoms with Gasteiger partial charge in [0.15, 0.2) is 0 Å². The highest BCUT2D eigenvalue weighted by atomic mass is 19.1. The summed E-state index contributed by atoms with van der Waals surface area (Å²) in [6, 6.07) is 3.60. The van der Waals surface area contributed by atoms with Gasteiger partial charge in [0.1, 0.15) is 11.6 Å². The van der Waals surface area contributed by atoms with Gasteiger partial charge in [0.25, 0.3) is 0 Å². The minimum atomic E-state index is -0.640. The summed E-state index contributed by atoms with van der Waals surface area (Å²) in [5.74, 6) is -1.26. The summed E-state index contributed by atoms with van der Waals surface area (Å²) in [7, 11) is 0. The van der Waals surface area contributed by atoms with Gasteiger partial charge in [-0.1, -0.05) is 13.8 Å². The van der Waals surface area contributed by atoms with Crippen molar-refractivity contribution in [2.45, 2.75) is 13.8 Å². The third-order valence-corrected chi connectivity index (χ3v) is 1.73. The Morgan fingerprint density at radius 1 is 1.50 bits per heavy atom. The van der Waals surface area contributed by atoms with Crippen LogP contribution in [0.15, 0.2) is 18.2 Å². The molecule has 0 bridgehead atoms. The van der Waals surface area contributed by atoms with E-state index in [2.05, 4.69) is 5.32 Å². The van der Waals surface area contributed by atoms with Crippen LogP contribution in [0.1, 0.15) is 13.8 Å². The Morgan fingerprint density at radius 3 is 2.64 bits per heavy atom. The Balaban J connectivity index is 2.82. The molecule has 1 amide bonds. The van der Waals surface area contributed by atoms with Crippen molar-refractivity contribution < 1.29 is 14.3 Å². The number of benzene rings is 1. The third kappa shape index (κ3) is 2.45. The molecule has 0 saturated carbocycles. The standard InChI is InChI=1S/C10H12FNO2/c1-6(2)10(14)12-9-4-3-7(13)5-8(9)11/h3-6,13H,1-2H3,(H,12,14). The van der Waals surface area contributed by atoms with Gasteiger partial charge in [-0.15, -0.1) is 0 Å². The van der Waals surface area contributed by atoms with Crippen LogP contribution in [0, 0.1) is 11.7 Å². The number of phenols is 1. The van der Waals surface area contributed by atoms with Crippen molar-refractivity contribution >= 4 is 11.6 Å². The first-order valence-corrected chi connectivity index (χ1v) is 4.30. The molecule has 0 aliphatic heterocycles. The summed E-state index contributed by atoms with van der Waals surface area (Å²) in [5.41, 5.74) is 0.0847. The van der Waals surface area contributed by atoms with E-state index in [1.54, 1.807) is 13.8 Å². The molecule has 0 heterocycles. The van der Waals surface area contributed by atoms with Crippen LogP contribution in [0.5, 0.6) is 5.75 Å². The van der Waals surface area contributed by atoms with E-state index in [9.17, 15) is 9.18 Å². The number of hydrogen-bond acceptors (Lipinski definition) is 2. The fraction of sp³-hybridized carbons (Fsp3) is 0.300. The largest absolute Gasteiger partial charge is 0.508 e. The summed E-state index contributed by atoms with van der Waals surface area (Å²) in [5, 5.41) is 11.3. The summed E-state index contributed by atoms with van der Waals surface area (Å²) < 4.78 is 13.1. The zero-order valence-electron chi connectivity index (χ0n) is 8.04. The van der Waals surface area contributed by atoms with Crippen LogP contribution in [0.4, 0.5) is 10.1 Å². The van der Waals surface area contributed by atoms with Crippen molar-refractivity contribution in [2.24, 2.45) is 5.92 Å². The Morgan fingerprint density at radius 2 is 2.14 bits per heavy atom. The first-order valence-electron chi connectivity index (χ1n) is 4.30. The molecule has 1 aromatic rings. The van der Waals surface area contributed by atoms with Gasteiger partial charge in [0.05, 0.1) is 5.69 Å². The van der Waals surface area contributed by atoms with E-state index < -0.39 is 5.82 Å². The van der Waals surface area contributed by atoms with Crippen molar-refractivity contribution in [3.05, 3.63) is 24.0 Å². The first-order chi connectivity index (χ1) is 6.50. The van der Waals surface area contributed by atoms with Crippen molar-refractivity contribution in [2.75, 3.05) is 5.32 Å². The number of carbonyl (C=O) groups is 1. The van der Waals surface area contributed by atoms with Crippen molar-refractivity contribution in [3.8, 4) is 5.75 Å².